The van der Waals surface area contributed by atoms with Crippen LogP contribution in [0.5, 0.6) is 0 Å². The van der Waals surface area contributed by atoms with Crippen LogP contribution in [0.2, 0.25) is 0 Å². The summed E-state index contributed by atoms with van der Waals surface area (Å²) in [5.74, 6) is 0.372. The highest BCUT2D eigenvalue weighted by Crippen LogP contribution is 2.24. The van der Waals surface area contributed by atoms with E-state index in [9.17, 15) is 4.79 Å². The van der Waals surface area contributed by atoms with E-state index in [0.29, 0.717) is 5.16 Å². The Bertz CT molecular complexity index is 1020. The molecule has 3 aromatic rings. The third-order valence-corrected chi connectivity index (χ3v) is 6.32. The molecule has 0 bridgehead atoms. The van der Waals surface area contributed by atoms with Crippen LogP contribution in [0, 0.1) is 20.8 Å². The van der Waals surface area contributed by atoms with Gasteiger partial charge in [-0.15, -0.1) is 5.10 Å². The molecular formula is C21H25N5O2S. The van der Waals surface area contributed by atoms with Gasteiger partial charge in [0.25, 0.3) is 0 Å². The minimum atomic E-state index is 0.0843. The van der Waals surface area contributed by atoms with Gasteiger partial charge in [0.15, 0.2) is 5.78 Å². The van der Waals surface area contributed by atoms with Crippen LogP contribution >= 0.6 is 11.8 Å². The Kier molecular flexibility index (Phi) is 5.82. The van der Waals surface area contributed by atoms with Crippen molar-refractivity contribution in [2.45, 2.75) is 51.4 Å². The van der Waals surface area contributed by atoms with Gasteiger partial charge in [0.05, 0.1) is 17.5 Å². The molecule has 1 aliphatic rings. The van der Waals surface area contributed by atoms with E-state index < -0.39 is 0 Å². The molecule has 0 aliphatic carbocycles. The van der Waals surface area contributed by atoms with Gasteiger partial charge < -0.3 is 9.30 Å². The molecule has 29 heavy (non-hydrogen) atoms. The standard InChI is InChI=1S/C21H25N5O2S/c1-14-7-4-5-9-19(14)26-21(22-23-24-26)29-13-20(27)18-11-15(2)25(16(18)3)12-17-8-6-10-28-17/h4-5,7,9,11,17H,6,8,10,12-13H2,1-3H3/t17-/m1/s1. The van der Waals surface area contributed by atoms with Crippen molar-refractivity contribution in [1.29, 1.82) is 0 Å². The van der Waals surface area contributed by atoms with E-state index in [4.69, 9.17) is 4.74 Å². The van der Waals surface area contributed by atoms with Crippen LogP contribution in [-0.2, 0) is 11.3 Å². The quantitative estimate of drug-likeness (QED) is 0.437. The van der Waals surface area contributed by atoms with Gasteiger partial charge in [-0.1, -0.05) is 30.0 Å². The molecular weight excluding hydrogens is 386 g/mol. The largest absolute Gasteiger partial charge is 0.376 e. The topological polar surface area (TPSA) is 74.8 Å². The lowest BCUT2D eigenvalue weighted by Gasteiger charge is -2.14. The first-order valence-corrected chi connectivity index (χ1v) is 10.8. The van der Waals surface area contributed by atoms with Gasteiger partial charge in [0.2, 0.25) is 5.16 Å². The molecule has 7 nitrogen and oxygen atoms in total. The normalized spacial score (nSPS) is 16.4. The molecule has 8 heteroatoms. The summed E-state index contributed by atoms with van der Waals surface area (Å²) in [6, 6.07) is 9.89. The van der Waals surface area contributed by atoms with E-state index >= 15 is 0 Å². The third-order valence-electron chi connectivity index (χ3n) is 5.40. The summed E-state index contributed by atoms with van der Waals surface area (Å²) in [5, 5.41) is 12.6. The summed E-state index contributed by atoms with van der Waals surface area (Å²) in [5.41, 5.74) is 4.86. The van der Waals surface area contributed by atoms with Crippen molar-refractivity contribution in [1.82, 2.24) is 24.8 Å². The van der Waals surface area contributed by atoms with E-state index in [1.165, 1.54) is 11.8 Å². The number of ether oxygens (including phenoxy) is 1. The lowest BCUT2D eigenvalue weighted by molar-refractivity contribution is 0.0957. The summed E-state index contributed by atoms with van der Waals surface area (Å²) in [6.07, 6.45) is 2.44. The fourth-order valence-corrected chi connectivity index (χ4v) is 4.55. The molecule has 0 N–H and O–H groups in total. The van der Waals surface area contributed by atoms with Gasteiger partial charge in [-0.2, -0.15) is 4.68 Å². The highest BCUT2D eigenvalue weighted by molar-refractivity contribution is 7.99. The molecule has 0 amide bonds. The van der Waals surface area contributed by atoms with Gasteiger partial charge in [-0.05, 0) is 61.7 Å². The number of ketones is 1. The van der Waals surface area contributed by atoms with Gasteiger partial charge in [-0.3, -0.25) is 4.79 Å². The average molecular weight is 412 g/mol. The van der Waals surface area contributed by atoms with Crippen molar-refractivity contribution >= 4 is 17.5 Å². The summed E-state index contributed by atoms with van der Waals surface area (Å²) in [4.78, 5) is 12.9. The molecule has 152 valence electrons. The predicted octanol–water partition coefficient (Wildman–Crippen LogP) is 3.54. The summed E-state index contributed by atoms with van der Waals surface area (Å²) in [6.45, 7) is 7.72. The van der Waals surface area contributed by atoms with Crippen LogP contribution in [0.4, 0.5) is 0 Å². The fraction of sp³-hybridized carbons (Fsp3) is 0.429. The number of hydrogen-bond acceptors (Lipinski definition) is 6. The maximum atomic E-state index is 12.9. The molecule has 0 unspecified atom stereocenters. The highest BCUT2D eigenvalue weighted by Gasteiger charge is 2.22. The second-order valence-electron chi connectivity index (χ2n) is 7.40. The van der Waals surface area contributed by atoms with Crippen molar-refractivity contribution in [3.8, 4) is 5.69 Å². The molecule has 2 aromatic heterocycles. The summed E-state index contributed by atoms with van der Waals surface area (Å²) in [7, 11) is 0. The number of aromatic nitrogens is 5. The first kappa shape index (κ1) is 19.8. The van der Waals surface area contributed by atoms with Gasteiger partial charge in [0.1, 0.15) is 0 Å². The van der Waals surface area contributed by atoms with Crippen molar-refractivity contribution in [2.75, 3.05) is 12.4 Å². The van der Waals surface area contributed by atoms with E-state index in [0.717, 1.165) is 54.2 Å². The molecule has 1 aromatic carbocycles. The van der Waals surface area contributed by atoms with E-state index in [1.54, 1.807) is 4.68 Å². The number of benzene rings is 1. The number of aryl methyl sites for hydroxylation is 2. The second-order valence-corrected chi connectivity index (χ2v) is 8.34. The Labute approximate surface area is 174 Å². The Morgan fingerprint density at radius 2 is 2.10 bits per heavy atom. The molecule has 4 rings (SSSR count). The smallest absolute Gasteiger partial charge is 0.214 e. The molecule has 3 heterocycles. The molecule has 1 atom stereocenters. The van der Waals surface area contributed by atoms with Gasteiger partial charge >= 0.3 is 0 Å². The predicted molar refractivity (Wildman–Crippen MR) is 112 cm³/mol. The molecule has 0 radical (unpaired) electrons. The Hall–Kier alpha value is -2.45. The zero-order chi connectivity index (χ0) is 20.4. The number of hydrogen-bond donors (Lipinski definition) is 0. The number of rotatable bonds is 7. The Morgan fingerprint density at radius 3 is 2.86 bits per heavy atom. The maximum absolute atomic E-state index is 12.9. The summed E-state index contributed by atoms with van der Waals surface area (Å²) < 4.78 is 9.65. The second kappa shape index (κ2) is 8.51. The first-order chi connectivity index (χ1) is 14.0. The summed E-state index contributed by atoms with van der Waals surface area (Å²) >= 11 is 1.36. The number of tetrazole rings is 1. The monoisotopic (exact) mass is 411 g/mol. The molecule has 1 fully saturated rings. The number of para-hydroxylation sites is 1. The molecule has 1 saturated heterocycles. The van der Waals surface area contributed by atoms with Crippen molar-refractivity contribution < 1.29 is 9.53 Å². The molecule has 0 spiro atoms. The van der Waals surface area contributed by atoms with Crippen LogP contribution in [0.25, 0.3) is 5.69 Å². The number of nitrogens with zero attached hydrogens (tertiary/aromatic N) is 5. The van der Waals surface area contributed by atoms with Crippen LogP contribution < -0.4 is 0 Å². The van der Waals surface area contributed by atoms with Crippen LogP contribution in [0.15, 0.2) is 35.5 Å². The Balaban J connectivity index is 1.47. The number of Topliss-reactive ketones (excluding diaryl/α,β-unsaturated/α-hetero) is 1. The zero-order valence-electron chi connectivity index (χ0n) is 17.0. The van der Waals surface area contributed by atoms with Crippen molar-refractivity contribution in [3.63, 3.8) is 0 Å². The number of thioether (sulfide) groups is 1. The lowest BCUT2D eigenvalue weighted by atomic mass is 10.2. The highest BCUT2D eigenvalue weighted by atomic mass is 32.2. The van der Waals surface area contributed by atoms with Crippen molar-refractivity contribution in [2.24, 2.45) is 0 Å². The average Bonchev–Trinajstić information content (AvgIpc) is 3.44. The lowest BCUT2D eigenvalue weighted by Crippen LogP contribution is -2.17. The van der Waals surface area contributed by atoms with Crippen molar-refractivity contribution in [3.05, 3.63) is 52.8 Å². The van der Waals surface area contributed by atoms with E-state index in [2.05, 4.69) is 20.1 Å². The SMILES string of the molecule is Cc1ccccc1-n1nnnc1SCC(=O)c1cc(C)n(C[C@H]2CCCO2)c1C. The van der Waals surface area contributed by atoms with E-state index in [1.807, 2.05) is 51.1 Å². The number of carbonyl (C=O) groups is 1. The first-order valence-electron chi connectivity index (χ1n) is 9.83. The van der Waals surface area contributed by atoms with Crippen LogP contribution in [0.1, 0.15) is 40.2 Å². The van der Waals surface area contributed by atoms with Crippen LogP contribution in [-0.4, -0.2) is 49.0 Å². The molecule has 0 saturated carbocycles. The number of carbonyl (C=O) groups excluding carboxylic acids is 1. The third kappa shape index (κ3) is 4.13. The minimum absolute atomic E-state index is 0.0843. The maximum Gasteiger partial charge on any atom is 0.214 e. The van der Waals surface area contributed by atoms with Gasteiger partial charge in [-0.25, -0.2) is 0 Å². The molecule has 1 aliphatic heterocycles. The minimum Gasteiger partial charge on any atom is -0.376 e. The Morgan fingerprint density at radius 1 is 1.28 bits per heavy atom. The van der Waals surface area contributed by atoms with Gasteiger partial charge in [0, 0.05) is 30.1 Å². The zero-order valence-corrected chi connectivity index (χ0v) is 17.8. The van der Waals surface area contributed by atoms with E-state index in [-0.39, 0.29) is 17.6 Å². The fourth-order valence-electron chi connectivity index (χ4n) is 3.79. The van der Waals surface area contributed by atoms with Crippen LogP contribution in [0.3, 0.4) is 0 Å².